The maximum absolute atomic E-state index is 9.43. The number of halogens is 1. The Morgan fingerprint density at radius 2 is 1.88 bits per heavy atom. The Bertz CT molecular complexity index is 1080. The van der Waals surface area contributed by atoms with E-state index in [1.807, 2.05) is 31.2 Å². The summed E-state index contributed by atoms with van der Waals surface area (Å²) in [6.45, 7) is 2.00. The van der Waals surface area contributed by atoms with Crippen LogP contribution in [-0.4, -0.2) is 30.3 Å². The van der Waals surface area contributed by atoms with Crippen LogP contribution < -0.4 is 0 Å². The Hall–Kier alpha value is -2.64. The van der Waals surface area contributed by atoms with Crippen molar-refractivity contribution in [2.24, 2.45) is 0 Å². The summed E-state index contributed by atoms with van der Waals surface area (Å²) < 4.78 is 1.62. The molecule has 0 spiro atoms. The highest BCUT2D eigenvalue weighted by atomic mass is 35.5. The van der Waals surface area contributed by atoms with Gasteiger partial charge >= 0.3 is 0 Å². The summed E-state index contributed by atoms with van der Waals surface area (Å²) >= 11 is 7.98. The summed E-state index contributed by atoms with van der Waals surface area (Å²) in [5.41, 5.74) is 3.51. The lowest BCUT2D eigenvalue weighted by Crippen LogP contribution is -2.00. The molecule has 8 heteroatoms. The molecule has 0 aliphatic rings. The number of para-hydroxylation sites is 1. The third kappa shape index (κ3) is 3.11. The molecule has 2 aromatic heterocycles. The number of thioether (sulfide) groups is 1. The van der Waals surface area contributed by atoms with Crippen LogP contribution in [0.5, 0.6) is 5.75 Å². The summed E-state index contributed by atoms with van der Waals surface area (Å²) in [5, 5.41) is 23.6. The zero-order valence-corrected chi connectivity index (χ0v) is 15.4. The van der Waals surface area contributed by atoms with Gasteiger partial charge < -0.3 is 5.11 Å². The van der Waals surface area contributed by atoms with E-state index in [9.17, 15) is 5.11 Å². The zero-order valence-electron chi connectivity index (χ0n) is 13.8. The number of aryl methyl sites for hydroxylation is 1. The van der Waals surface area contributed by atoms with Crippen LogP contribution >= 0.6 is 23.4 Å². The summed E-state index contributed by atoms with van der Waals surface area (Å²) in [5.74, 6) is 0.738. The van der Waals surface area contributed by atoms with Crippen LogP contribution in [-0.2, 0) is 5.75 Å². The molecule has 0 unspecified atom stereocenters. The number of nitrogens with zero attached hydrogens (tertiary/aromatic N) is 5. The number of aromatic nitrogens is 5. The fourth-order valence-corrected chi connectivity index (χ4v) is 3.79. The van der Waals surface area contributed by atoms with Gasteiger partial charge in [-0.15, -0.1) is 5.10 Å². The molecule has 4 rings (SSSR count). The quantitative estimate of drug-likeness (QED) is 0.533. The van der Waals surface area contributed by atoms with E-state index >= 15 is 0 Å². The largest absolute Gasteiger partial charge is 0.508 e. The van der Waals surface area contributed by atoms with Crippen molar-refractivity contribution in [2.75, 3.05) is 0 Å². The Balaban J connectivity index is 1.63. The minimum atomic E-state index is 0.193. The number of rotatable bonds is 4. The average molecular weight is 384 g/mol. The van der Waals surface area contributed by atoms with Gasteiger partial charge in [-0.25, -0.2) is 0 Å². The number of fused-ring (bicyclic) bond motifs is 1. The Kier molecular flexibility index (Phi) is 4.48. The summed E-state index contributed by atoms with van der Waals surface area (Å²) in [7, 11) is 0. The predicted molar refractivity (Wildman–Crippen MR) is 102 cm³/mol. The normalized spacial score (nSPS) is 11.2. The van der Waals surface area contributed by atoms with Crippen molar-refractivity contribution < 1.29 is 5.11 Å². The molecule has 0 saturated heterocycles. The molecule has 6 nitrogen and oxygen atoms in total. The van der Waals surface area contributed by atoms with Crippen molar-refractivity contribution >= 4 is 34.3 Å². The molecule has 0 radical (unpaired) electrons. The molecule has 1 N–H and O–H groups in total. The van der Waals surface area contributed by atoms with Crippen molar-refractivity contribution in [3.63, 3.8) is 0 Å². The number of hydrogen-bond donors (Lipinski definition) is 1. The molecule has 130 valence electrons. The molecular weight excluding hydrogens is 370 g/mol. The second-order valence-electron chi connectivity index (χ2n) is 5.69. The molecule has 0 bridgehead atoms. The minimum Gasteiger partial charge on any atom is -0.508 e. The second-order valence-corrected chi connectivity index (χ2v) is 7.01. The van der Waals surface area contributed by atoms with Crippen molar-refractivity contribution in [3.8, 4) is 11.4 Å². The van der Waals surface area contributed by atoms with Crippen LogP contribution in [0.1, 0.15) is 11.3 Å². The number of tetrazole rings is 1. The van der Waals surface area contributed by atoms with Gasteiger partial charge in [0.05, 0.1) is 21.9 Å². The van der Waals surface area contributed by atoms with Gasteiger partial charge in [-0.1, -0.05) is 41.6 Å². The van der Waals surface area contributed by atoms with E-state index in [0.29, 0.717) is 15.9 Å². The third-order valence-electron chi connectivity index (χ3n) is 4.02. The van der Waals surface area contributed by atoms with Crippen molar-refractivity contribution in [3.05, 3.63) is 64.8 Å². The van der Waals surface area contributed by atoms with Crippen molar-refractivity contribution in [1.82, 2.24) is 25.2 Å². The standard InChI is InChI=1S/C18H14ClN5OS/c1-11-14-4-2-3-5-15(14)20-16(17(11)19)10-26-18-21-22-23-24(18)12-6-8-13(25)9-7-12/h2-9,25H,10H2,1H3. The van der Waals surface area contributed by atoms with Crippen LogP contribution in [0.2, 0.25) is 5.02 Å². The van der Waals surface area contributed by atoms with Gasteiger partial charge in [0.1, 0.15) is 5.75 Å². The molecule has 0 saturated carbocycles. The van der Waals surface area contributed by atoms with Gasteiger partial charge in [0.2, 0.25) is 5.16 Å². The Labute approximate surface area is 158 Å². The van der Waals surface area contributed by atoms with Crippen molar-refractivity contribution in [2.45, 2.75) is 17.8 Å². The van der Waals surface area contributed by atoms with E-state index in [-0.39, 0.29) is 5.75 Å². The summed E-state index contributed by atoms with van der Waals surface area (Å²) in [6.07, 6.45) is 0. The Morgan fingerprint density at radius 1 is 1.12 bits per heavy atom. The first-order chi connectivity index (χ1) is 12.6. The fraction of sp³-hybridized carbons (Fsp3) is 0.111. The smallest absolute Gasteiger partial charge is 0.214 e. The second kappa shape index (κ2) is 6.93. The topological polar surface area (TPSA) is 76.7 Å². The molecule has 2 heterocycles. The molecule has 26 heavy (non-hydrogen) atoms. The highest BCUT2D eigenvalue weighted by Gasteiger charge is 2.14. The van der Waals surface area contributed by atoms with Crippen LogP contribution in [0.3, 0.4) is 0 Å². The maximum atomic E-state index is 9.43. The number of phenols is 1. The number of aromatic hydroxyl groups is 1. The number of benzene rings is 2. The van der Waals surface area contributed by atoms with Gasteiger partial charge in [0.15, 0.2) is 0 Å². The lowest BCUT2D eigenvalue weighted by atomic mass is 10.1. The summed E-state index contributed by atoms with van der Waals surface area (Å²) in [4.78, 5) is 4.69. The number of phenolic OH excluding ortho intramolecular Hbond substituents is 1. The highest BCUT2D eigenvalue weighted by Crippen LogP contribution is 2.31. The molecule has 0 atom stereocenters. The number of pyridine rings is 1. The first-order valence-electron chi connectivity index (χ1n) is 7.88. The summed E-state index contributed by atoms with van der Waals surface area (Å²) in [6, 6.07) is 14.6. The molecule has 0 aliphatic carbocycles. The SMILES string of the molecule is Cc1c(Cl)c(CSc2nnnn2-c2ccc(O)cc2)nc2ccccc12. The lowest BCUT2D eigenvalue weighted by Gasteiger charge is -2.10. The molecule has 2 aromatic carbocycles. The lowest BCUT2D eigenvalue weighted by molar-refractivity contribution is 0.475. The average Bonchev–Trinajstić information content (AvgIpc) is 3.13. The van der Waals surface area contributed by atoms with E-state index in [1.54, 1.807) is 28.9 Å². The minimum absolute atomic E-state index is 0.193. The van der Waals surface area contributed by atoms with Gasteiger partial charge in [-0.3, -0.25) is 4.98 Å². The molecule has 0 amide bonds. The third-order valence-corrected chi connectivity index (χ3v) is 5.45. The van der Waals surface area contributed by atoms with Crippen LogP contribution in [0.15, 0.2) is 53.7 Å². The number of hydrogen-bond acceptors (Lipinski definition) is 6. The first kappa shape index (κ1) is 16.8. The highest BCUT2D eigenvalue weighted by molar-refractivity contribution is 7.98. The van der Waals surface area contributed by atoms with E-state index in [2.05, 4.69) is 20.5 Å². The predicted octanol–water partition coefficient (Wildman–Crippen LogP) is 4.17. The first-order valence-corrected chi connectivity index (χ1v) is 9.24. The van der Waals surface area contributed by atoms with Gasteiger partial charge in [0, 0.05) is 11.1 Å². The molecular formula is C18H14ClN5OS. The van der Waals surface area contributed by atoms with Crippen LogP contribution in [0, 0.1) is 6.92 Å². The molecule has 4 aromatic rings. The van der Waals surface area contributed by atoms with Gasteiger partial charge in [0.25, 0.3) is 0 Å². The van der Waals surface area contributed by atoms with E-state index in [4.69, 9.17) is 11.6 Å². The fourth-order valence-electron chi connectivity index (χ4n) is 2.67. The van der Waals surface area contributed by atoms with Gasteiger partial charge in [-0.2, -0.15) is 4.68 Å². The Morgan fingerprint density at radius 3 is 2.69 bits per heavy atom. The monoisotopic (exact) mass is 383 g/mol. The van der Waals surface area contributed by atoms with E-state index < -0.39 is 0 Å². The van der Waals surface area contributed by atoms with Crippen LogP contribution in [0.4, 0.5) is 0 Å². The molecule has 0 fully saturated rings. The zero-order chi connectivity index (χ0) is 18.1. The maximum Gasteiger partial charge on any atom is 0.214 e. The van der Waals surface area contributed by atoms with Gasteiger partial charge in [-0.05, 0) is 53.2 Å². The van der Waals surface area contributed by atoms with E-state index in [1.165, 1.54) is 11.8 Å². The van der Waals surface area contributed by atoms with Crippen molar-refractivity contribution in [1.29, 1.82) is 0 Å². The van der Waals surface area contributed by atoms with E-state index in [0.717, 1.165) is 27.8 Å². The molecule has 0 aliphatic heterocycles. The van der Waals surface area contributed by atoms with Crippen LogP contribution in [0.25, 0.3) is 16.6 Å².